The van der Waals surface area contributed by atoms with Gasteiger partial charge >= 0.3 is 0 Å². The number of aromatic nitrogens is 2. The van der Waals surface area contributed by atoms with Crippen LogP contribution in [-0.4, -0.2) is 27.7 Å². The quantitative estimate of drug-likeness (QED) is 0.518. The number of rotatable bonds is 5. The summed E-state index contributed by atoms with van der Waals surface area (Å²) in [5.41, 5.74) is 1.40. The maximum atomic E-state index is 12.1. The predicted octanol–water partition coefficient (Wildman–Crippen LogP) is 3.27. The number of thioether (sulfide) groups is 1. The molecule has 6 heteroatoms. The van der Waals surface area contributed by atoms with Crippen LogP contribution in [0, 0.1) is 6.92 Å². The number of thiophene rings is 1. The minimum Gasteiger partial charge on any atom is -0.352 e. The van der Waals surface area contributed by atoms with Gasteiger partial charge in [0.1, 0.15) is 15.7 Å². The van der Waals surface area contributed by atoms with Crippen LogP contribution < -0.4 is 5.32 Å². The Morgan fingerprint density at radius 3 is 3.09 bits per heavy atom. The van der Waals surface area contributed by atoms with Crippen LogP contribution >= 0.6 is 23.1 Å². The average Bonchev–Trinajstić information content (AvgIpc) is 3.04. The van der Waals surface area contributed by atoms with Gasteiger partial charge in [0.15, 0.2) is 0 Å². The number of hydrogen-bond donors (Lipinski definition) is 1. The number of hydrogen-bond acceptors (Lipinski definition) is 5. The van der Waals surface area contributed by atoms with Crippen molar-refractivity contribution < 1.29 is 4.79 Å². The fourth-order valence-electron chi connectivity index (χ4n) is 2.69. The summed E-state index contributed by atoms with van der Waals surface area (Å²) in [6.45, 7) is 7.95. The number of nitrogens with zero attached hydrogens (tertiary/aromatic N) is 2. The molecule has 1 amide bonds. The van der Waals surface area contributed by atoms with Crippen molar-refractivity contribution >= 4 is 39.2 Å². The Labute approximate surface area is 138 Å². The molecule has 2 aromatic heterocycles. The Morgan fingerprint density at radius 2 is 2.32 bits per heavy atom. The Balaban J connectivity index is 1.93. The Bertz CT molecular complexity index is 739. The fraction of sp³-hybridized carbons (Fsp3) is 0.438. The van der Waals surface area contributed by atoms with Crippen molar-refractivity contribution in [3.8, 4) is 0 Å². The zero-order chi connectivity index (χ0) is 15.7. The summed E-state index contributed by atoms with van der Waals surface area (Å²) >= 11 is 3.31. The maximum Gasteiger partial charge on any atom is 0.233 e. The SMILES string of the molecule is C=CCNC(=O)[C@@H](C)Sc1nc(C)nc2sc3c(c12)CCC3. The fourth-order valence-corrected chi connectivity index (χ4v) is 5.11. The van der Waals surface area contributed by atoms with Crippen LogP contribution in [-0.2, 0) is 17.6 Å². The molecule has 0 spiro atoms. The van der Waals surface area contributed by atoms with Gasteiger partial charge < -0.3 is 5.32 Å². The smallest absolute Gasteiger partial charge is 0.233 e. The minimum absolute atomic E-state index is 0.0150. The largest absolute Gasteiger partial charge is 0.352 e. The van der Waals surface area contributed by atoms with E-state index in [4.69, 9.17) is 0 Å². The molecule has 0 aliphatic heterocycles. The monoisotopic (exact) mass is 333 g/mol. The van der Waals surface area contributed by atoms with Crippen molar-refractivity contribution in [3.63, 3.8) is 0 Å². The van der Waals surface area contributed by atoms with Gasteiger partial charge in [-0.2, -0.15) is 0 Å². The van der Waals surface area contributed by atoms with Gasteiger partial charge in [-0.15, -0.1) is 17.9 Å². The summed E-state index contributed by atoms with van der Waals surface area (Å²) in [6, 6.07) is 0. The van der Waals surface area contributed by atoms with Gasteiger partial charge in [-0.25, -0.2) is 9.97 Å². The van der Waals surface area contributed by atoms with Crippen LogP contribution in [0.3, 0.4) is 0 Å². The van der Waals surface area contributed by atoms with E-state index < -0.39 is 0 Å². The Hall–Kier alpha value is -1.40. The molecule has 0 saturated heterocycles. The van der Waals surface area contributed by atoms with Gasteiger partial charge in [-0.3, -0.25) is 4.79 Å². The molecule has 3 rings (SSSR count). The van der Waals surface area contributed by atoms with Gasteiger partial charge in [-0.1, -0.05) is 17.8 Å². The second-order valence-corrected chi connectivity index (χ2v) is 7.82. The normalized spacial score (nSPS) is 14.8. The van der Waals surface area contributed by atoms with Crippen molar-refractivity contribution in [2.45, 2.75) is 43.4 Å². The number of carbonyl (C=O) groups is 1. The Morgan fingerprint density at radius 1 is 1.50 bits per heavy atom. The van der Waals surface area contributed by atoms with E-state index in [1.807, 2.05) is 13.8 Å². The van der Waals surface area contributed by atoms with E-state index in [2.05, 4.69) is 21.9 Å². The predicted molar refractivity (Wildman–Crippen MR) is 92.7 cm³/mol. The van der Waals surface area contributed by atoms with E-state index in [0.29, 0.717) is 6.54 Å². The molecule has 0 saturated carbocycles. The lowest BCUT2D eigenvalue weighted by atomic mass is 10.2. The number of fused-ring (bicyclic) bond motifs is 3. The molecule has 0 radical (unpaired) electrons. The molecule has 1 atom stereocenters. The Kier molecular flexibility index (Phi) is 4.49. The molecule has 4 nitrogen and oxygen atoms in total. The van der Waals surface area contributed by atoms with E-state index in [0.717, 1.165) is 28.5 Å². The molecule has 0 unspecified atom stereocenters. The van der Waals surface area contributed by atoms with E-state index >= 15 is 0 Å². The molecule has 0 bridgehead atoms. The van der Waals surface area contributed by atoms with Gasteiger partial charge in [0, 0.05) is 16.8 Å². The highest BCUT2D eigenvalue weighted by molar-refractivity contribution is 8.00. The first-order valence-electron chi connectivity index (χ1n) is 7.44. The zero-order valence-corrected chi connectivity index (χ0v) is 14.4. The standard InChI is InChI=1S/C16H19N3OS2/c1-4-8-17-14(20)9(2)21-15-13-11-6-5-7-12(11)22-16(13)19-10(3)18-15/h4,9H,1,5-8H2,2-3H3,(H,17,20)/t9-/m1/s1. The second-order valence-electron chi connectivity index (χ2n) is 5.41. The van der Waals surface area contributed by atoms with Crippen molar-refractivity contribution in [2.24, 2.45) is 0 Å². The maximum absolute atomic E-state index is 12.1. The third kappa shape index (κ3) is 2.90. The van der Waals surface area contributed by atoms with Crippen LogP contribution in [0.2, 0.25) is 0 Å². The van der Waals surface area contributed by atoms with Crippen molar-refractivity contribution in [3.05, 3.63) is 28.9 Å². The molecule has 2 aromatic rings. The average molecular weight is 333 g/mol. The van der Waals surface area contributed by atoms with Gasteiger partial charge in [0.25, 0.3) is 0 Å². The lowest BCUT2D eigenvalue weighted by molar-refractivity contribution is -0.120. The number of amides is 1. The molecular weight excluding hydrogens is 314 g/mol. The summed E-state index contributed by atoms with van der Waals surface area (Å²) in [6.07, 6.45) is 5.15. The first-order valence-corrected chi connectivity index (χ1v) is 9.14. The molecule has 2 heterocycles. The molecule has 1 aliphatic rings. The van der Waals surface area contributed by atoms with Crippen LogP contribution in [0.15, 0.2) is 17.7 Å². The van der Waals surface area contributed by atoms with E-state index in [-0.39, 0.29) is 11.2 Å². The molecule has 1 aliphatic carbocycles. The molecule has 116 valence electrons. The highest BCUT2D eigenvalue weighted by Crippen LogP contribution is 2.41. The molecular formula is C16H19N3OS2. The van der Waals surface area contributed by atoms with E-state index in [1.165, 1.54) is 34.0 Å². The summed E-state index contributed by atoms with van der Waals surface area (Å²) < 4.78 is 0. The third-order valence-electron chi connectivity index (χ3n) is 3.72. The van der Waals surface area contributed by atoms with Crippen LogP contribution in [0.4, 0.5) is 0 Å². The highest BCUT2D eigenvalue weighted by Gasteiger charge is 2.24. The summed E-state index contributed by atoms with van der Waals surface area (Å²) in [7, 11) is 0. The van der Waals surface area contributed by atoms with Crippen LogP contribution in [0.5, 0.6) is 0 Å². The van der Waals surface area contributed by atoms with Crippen molar-refractivity contribution in [2.75, 3.05) is 6.54 Å². The third-order valence-corrected chi connectivity index (χ3v) is 5.99. The lowest BCUT2D eigenvalue weighted by Crippen LogP contribution is -2.30. The number of nitrogens with one attached hydrogen (secondary N) is 1. The first-order chi connectivity index (χ1) is 10.6. The summed E-state index contributed by atoms with van der Waals surface area (Å²) in [5, 5.41) is 4.78. The van der Waals surface area contributed by atoms with Gasteiger partial charge in [0.2, 0.25) is 5.91 Å². The van der Waals surface area contributed by atoms with Gasteiger partial charge in [0.05, 0.1) is 5.25 Å². The number of aryl methyl sites for hydroxylation is 3. The van der Waals surface area contributed by atoms with Crippen LogP contribution in [0.25, 0.3) is 10.2 Å². The van der Waals surface area contributed by atoms with Crippen molar-refractivity contribution in [1.82, 2.24) is 15.3 Å². The van der Waals surface area contributed by atoms with E-state index in [9.17, 15) is 4.79 Å². The molecule has 1 N–H and O–H groups in total. The first kappa shape index (κ1) is 15.5. The molecule has 0 fully saturated rings. The second kappa shape index (κ2) is 6.38. The molecule has 22 heavy (non-hydrogen) atoms. The van der Waals surface area contributed by atoms with E-state index in [1.54, 1.807) is 17.4 Å². The molecule has 0 aromatic carbocycles. The van der Waals surface area contributed by atoms with Gasteiger partial charge in [-0.05, 0) is 38.7 Å². The minimum atomic E-state index is -0.186. The van der Waals surface area contributed by atoms with Crippen molar-refractivity contribution in [1.29, 1.82) is 0 Å². The summed E-state index contributed by atoms with van der Waals surface area (Å²) in [5.74, 6) is 0.787. The topological polar surface area (TPSA) is 54.9 Å². The zero-order valence-electron chi connectivity index (χ0n) is 12.8. The highest BCUT2D eigenvalue weighted by atomic mass is 32.2. The van der Waals surface area contributed by atoms with Crippen LogP contribution in [0.1, 0.15) is 29.6 Å². The number of carbonyl (C=O) groups excluding carboxylic acids is 1. The lowest BCUT2D eigenvalue weighted by Gasteiger charge is -2.12. The summed E-state index contributed by atoms with van der Waals surface area (Å²) in [4.78, 5) is 23.8.